The van der Waals surface area contributed by atoms with Crippen LogP contribution >= 0.6 is 0 Å². The molecule has 0 fully saturated rings. The lowest BCUT2D eigenvalue weighted by Gasteiger charge is -2.27. The summed E-state index contributed by atoms with van der Waals surface area (Å²) in [6.45, 7) is 4.06. The maximum atomic E-state index is 12.6. The zero-order valence-electron chi connectivity index (χ0n) is 38.8. The van der Waals surface area contributed by atoms with Gasteiger partial charge in [-0.25, -0.2) is 0 Å². The molecule has 1 amide bonds. The molecule has 0 radical (unpaired) electrons. The van der Waals surface area contributed by atoms with Gasteiger partial charge in [0.15, 0.2) is 0 Å². The molecule has 4 unspecified atom stereocenters. The van der Waals surface area contributed by atoms with Gasteiger partial charge in [-0.1, -0.05) is 231 Å². The maximum absolute atomic E-state index is 12.6. The Hall–Kier alpha value is -1.21. The van der Waals surface area contributed by atoms with Gasteiger partial charge in [0, 0.05) is 0 Å². The Morgan fingerprint density at radius 2 is 0.707 bits per heavy atom. The van der Waals surface area contributed by atoms with Crippen molar-refractivity contribution >= 4 is 5.91 Å². The number of carbonyl (C=O) groups is 1. The second-order valence-corrected chi connectivity index (χ2v) is 17.9. The molecule has 0 heterocycles. The number of aliphatic hydroxyl groups excluding tert-OH is 4. The lowest BCUT2D eigenvalue weighted by molar-refractivity contribution is -0.132. The summed E-state index contributed by atoms with van der Waals surface area (Å²) in [5, 5.41) is 43.8. The van der Waals surface area contributed by atoms with E-state index < -0.39 is 36.9 Å². The SMILES string of the molecule is CCCCCCCCCCCCCC/C=C\CCCCCCCCCCCC(O)C(=O)NC(CO)C(O)C(O)CCC/C=C/CCCCCCCCCCCCCC. The number of nitrogens with one attached hydrogen (secondary N) is 1. The zero-order chi connectivity index (χ0) is 42.4. The van der Waals surface area contributed by atoms with E-state index in [2.05, 4.69) is 43.5 Å². The van der Waals surface area contributed by atoms with Crippen molar-refractivity contribution in [2.45, 2.75) is 295 Å². The van der Waals surface area contributed by atoms with Gasteiger partial charge in [-0.3, -0.25) is 4.79 Å². The molecule has 0 saturated carbocycles. The first-order valence-electron chi connectivity index (χ1n) is 25.7. The van der Waals surface area contributed by atoms with Crippen LogP contribution in [0, 0.1) is 0 Å². The standard InChI is InChI=1S/C52H101NO5/c1-3-5-7-9-11-13-15-17-19-21-22-23-24-25-26-27-28-30-32-34-36-38-40-42-44-46-50(56)52(58)53-48(47-54)51(57)49(55)45-43-41-39-37-35-33-31-29-20-18-16-14-12-10-8-6-4-2/h25-26,37,39,48-51,54-57H,3-24,27-36,38,40-47H2,1-2H3,(H,53,58)/b26-25-,39-37+. The van der Waals surface area contributed by atoms with Crippen LogP contribution in [0.15, 0.2) is 24.3 Å². The number of hydrogen-bond acceptors (Lipinski definition) is 5. The maximum Gasteiger partial charge on any atom is 0.249 e. The molecular weight excluding hydrogens is 719 g/mol. The summed E-state index contributed by atoms with van der Waals surface area (Å²) in [5.74, 6) is -0.592. The van der Waals surface area contributed by atoms with Crippen LogP contribution in [-0.2, 0) is 4.79 Å². The Bertz CT molecular complexity index is 878. The summed E-state index contributed by atoms with van der Waals surface area (Å²) >= 11 is 0. The van der Waals surface area contributed by atoms with Gasteiger partial charge in [-0.2, -0.15) is 0 Å². The van der Waals surface area contributed by atoms with E-state index in [1.165, 1.54) is 205 Å². The molecule has 0 rings (SSSR count). The van der Waals surface area contributed by atoms with Gasteiger partial charge >= 0.3 is 0 Å². The van der Waals surface area contributed by atoms with Crippen LogP contribution in [0.25, 0.3) is 0 Å². The summed E-state index contributed by atoms with van der Waals surface area (Å²) in [6.07, 6.45) is 55.2. The van der Waals surface area contributed by atoms with Crippen LogP contribution < -0.4 is 5.32 Å². The number of unbranched alkanes of at least 4 members (excludes halogenated alkanes) is 34. The van der Waals surface area contributed by atoms with Crippen LogP contribution in [0.1, 0.15) is 271 Å². The van der Waals surface area contributed by atoms with Crippen LogP contribution in [0.4, 0.5) is 0 Å². The summed E-state index contributed by atoms with van der Waals surface area (Å²) in [5.41, 5.74) is 0. The average molecular weight is 820 g/mol. The minimum Gasteiger partial charge on any atom is -0.394 e. The fourth-order valence-corrected chi connectivity index (χ4v) is 8.05. The van der Waals surface area contributed by atoms with E-state index in [1.807, 2.05) is 0 Å². The highest BCUT2D eigenvalue weighted by molar-refractivity contribution is 5.80. The van der Waals surface area contributed by atoms with E-state index in [0.717, 1.165) is 38.5 Å². The molecule has 0 aromatic carbocycles. The van der Waals surface area contributed by atoms with E-state index in [4.69, 9.17) is 0 Å². The largest absolute Gasteiger partial charge is 0.394 e. The van der Waals surface area contributed by atoms with Gasteiger partial charge in [-0.05, 0) is 64.2 Å². The molecule has 0 aliphatic carbocycles. The molecule has 0 aliphatic heterocycles. The first kappa shape index (κ1) is 56.8. The predicted molar refractivity (Wildman–Crippen MR) is 251 cm³/mol. The van der Waals surface area contributed by atoms with E-state index >= 15 is 0 Å². The van der Waals surface area contributed by atoms with Crippen molar-refractivity contribution in [3.05, 3.63) is 24.3 Å². The van der Waals surface area contributed by atoms with Crippen molar-refractivity contribution in [1.29, 1.82) is 0 Å². The number of amides is 1. The van der Waals surface area contributed by atoms with Gasteiger partial charge in [0.2, 0.25) is 5.91 Å². The van der Waals surface area contributed by atoms with Crippen molar-refractivity contribution in [1.82, 2.24) is 5.32 Å². The van der Waals surface area contributed by atoms with Crippen molar-refractivity contribution in [2.75, 3.05) is 6.61 Å². The first-order chi connectivity index (χ1) is 28.5. The summed E-state index contributed by atoms with van der Waals surface area (Å²) < 4.78 is 0. The smallest absolute Gasteiger partial charge is 0.249 e. The molecule has 0 aromatic heterocycles. The minimum absolute atomic E-state index is 0.362. The second-order valence-electron chi connectivity index (χ2n) is 17.9. The minimum atomic E-state index is -1.28. The van der Waals surface area contributed by atoms with Crippen LogP contribution in [0.3, 0.4) is 0 Å². The molecule has 0 aromatic rings. The number of allylic oxidation sites excluding steroid dienone is 4. The van der Waals surface area contributed by atoms with Crippen LogP contribution in [0.5, 0.6) is 0 Å². The molecule has 5 N–H and O–H groups in total. The van der Waals surface area contributed by atoms with E-state index in [-0.39, 0.29) is 0 Å². The van der Waals surface area contributed by atoms with Crippen LogP contribution in [-0.4, -0.2) is 57.3 Å². The quantitative estimate of drug-likeness (QED) is 0.0310. The van der Waals surface area contributed by atoms with E-state index in [0.29, 0.717) is 12.8 Å². The van der Waals surface area contributed by atoms with E-state index in [9.17, 15) is 25.2 Å². The van der Waals surface area contributed by atoms with E-state index in [1.54, 1.807) is 0 Å². The second kappa shape index (κ2) is 46.8. The molecule has 0 spiro atoms. The Morgan fingerprint density at radius 3 is 1.03 bits per heavy atom. The van der Waals surface area contributed by atoms with Gasteiger partial charge in [0.25, 0.3) is 0 Å². The molecule has 4 atom stereocenters. The van der Waals surface area contributed by atoms with Gasteiger partial charge in [0.05, 0.1) is 18.8 Å². The third-order valence-corrected chi connectivity index (χ3v) is 12.1. The molecule has 344 valence electrons. The number of rotatable bonds is 47. The molecule has 6 heteroatoms. The summed E-state index contributed by atoms with van der Waals surface area (Å²) in [6, 6.07) is -1.00. The number of carbonyl (C=O) groups excluding carboxylic acids is 1. The predicted octanol–water partition coefficient (Wildman–Crippen LogP) is 14.3. The highest BCUT2D eigenvalue weighted by atomic mass is 16.3. The van der Waals surface area contributed by atoms with Gasteiger partial charge in [-0.15, -0.1) is 0 Å². The zero-order valence-corrected chi connectivity index (χ0v) is 38.8. The lowest BCUT2D eigenvalue weighted by Crippen LogP contribution is -2.53. The molecule has 0 saturated heterocycles. The summed E-state index contributed by atoms with van der Waals surface area (Å²) in [4.78, 5) is 12.6. The van der Waals surface area contributed by atoms with Crippen molar-refractivity contribution in [2.24, 2.45) is 0 Å². The average Bonchev–Trinajstić information content (AvgIpc) is 3.23. The molecule has 6 nitrogen and oxygen atoms in total. The Labute approximate surface area is 361 Å². The molecular formula is C52H101NO5. The van der Waals surface area contributed by atoms with Crippen LogP contribution in [0.2, 0.25) is 0 Å². The Kier molecular flexibility index (Phi) is 45.9. The van der Waals surface area contributed by atoms with Gasteiger partial charge < -0.3 is 25.7 Å². The molecule has 0 aliphatic rings. The lowest BCUT2D eigenvalue weighted by atomic mass is 10.00. The highest BCUT2D eigenvalue weighted by Gasteiger charge is 2.28. The number of aliphatic hydroxyl groups is 4. The fourth-order valence-electron chi connectivity index (χ4n) is 8.05. The third-order valence-electron chi connectivity index (χ3n) is 12.1. The highest BCUT2D eigenvalue weighted by Crippen LogP contribution is 2.16. The normalized spacial score (nSPS) is 14.1. The van der Waals surface area contributed by atoms with Crippen molar-refractivity contribution < 1.29 is 25.2 Å². The topological polar surface area (TPSA) is 110 Å². The van der Waals surface area contributed by atoms with Gasteiger partial charge in [0.1, 0.15) is 12.2 Å². The third kappa shape index (κ3) is 40.2. The monoisotopic (exact) mass is 820 g/mol. The Balaban J connectivity index is 3.68. The first-order valence-corrected chi connectivity index (χ1v) is 25.7. The Morgan fingerprint density at radius 1 is 0.414 bits per heavy atom. The number of hydrogen-bond donors (Lipinski definition) is 5. The molecule has 0 bridgehead atoms. The molecule has 58 heavy (non-hydrogen) atoms. The summed E-state index contributed by atoms with van der Waals surface area (Å²) in [7, 11) is 0. The fraction of sp³-hybridized carbons (Fsp3) is 0.904. The van der Waals surface area contributed by atoms with Crippen molar-refractivity contribution in [3.63, 3.8) is 0 Å². The van der Waals surface area contributed by atoms with Crippen molar-refractivity contribution in [3.8, 4) is 0 Å².